The summed E-state index contributed by atoms with van der Waals surface area (Å²) >= 11 is 1.42. The van der Waals surface area contributed by atoms with Gasteiger partial charge < -0.3 is 9.47 Å². The van der Waals surface area contributed by atoms with E-state index in [-0.39, 0.29) is 11.5 Å². The first-order valence-corrected chi connectivity index (χ1v) is 9.72. The number of thioether (sulfide) groups is 1. The predicted molar refractivity (Wildman–Crippen MR) is 106 cm³/mol. The van der Waals surface area contributed by atoms with Crippen LogP contribution in [0.2, 0.25) is 0 Å². The molecule has 0 N–H and O–H groups in total. The largest absolute Gasteiger partial charge is 0.447 e. The van der Waals surface area contributed by atoms with Crippen LogP contribution in [-0.2, 0) is 11.2 Å². The zero-order valence-electron chi connectivity index (χ0n) is 16.6. The van der Waals surface area contributed by atoms with E-state index in [1.807, 2.05) is 33.1 Å². The van der Waals surface area contributed by atoms with E-state index in [0.717, 1.165) is 0 Å². The lowest BCUT2D eigenvalue weighted by Gasteiger charge is -2.23. The van der Waals surface area contributed by atoms with Crippen molar-refractivity contribution in [1.29, 1.82) is 0 Å². The minimum atomic E-state index is -2.06. The highest BCUT2D eigenvalue weighted by Gasteiger charge is 2.26. The summed E-state index contributed by atoms with van der Waals surface area (Å²) in [6.07, 6.45) is 8.23. The maximum Gasteiger partial charge on any atom is 0.206 e. The summed E-state index contributed by atoms with van der Waals surface area (Å²) < 4.78 is 78.0. The fourth-order valence-electron chi connectivity index (χ4n) is 2.21. The third kappa shape index (κ3) is 6.29. The summed E-state index contributed by atoms with van der Waals surface area (Å²) in [7, 11) is 0. The van der Waals surface area contributed by atoms with Gasteiger partial charge in [0.25, 0.3) is 0 Å². The van der Waals surface area contributed by atoms with Crippen LogP contribution in [0.25, 0.3) is 0 Å². The molecule has 8 heteroatoms. The van der Waals surface area contributed by atoms with Crippen LogP contribution in [-0.4, -0.2) is 6.26 Å². The van der Waals surface area contributed by atoms with Gasteiger partial charge in [0.15, 0.2) is 23.2 Å². The average molecular weight is 432 g/mol. The van der Waals surface area contributed by atoms with E-state index in [1.54, 1.807) is 6.07 Å². The molecule has 29 heavy (non-hydrogen) atoms. The molecule has 0 aliphatic carbocycles. The Bertz CT molecular complexity index is 886. The van der Waals surface area contributed by atoms with Crippen LogP contribution in [0.4, 0.5) is 22.0 Å². The van der Waals surface area contributed by atoms with Gasteiger partial charge in [0.2, 0.25) is 11.6 Å². The molecule has 0 heterocycles. The molecule has 0 aromatic heterocycles. The number of rotatable bonds is 7. The molecule has 0 radical (unpaired) electrons. The molecule has 0 aliphatic rings. The Labute approximate surface area is 171 Å². The van der Waals surface area contributed by atoms with Crippen molar-refractivity contribution in [2.24, 2.45) is 0 Å². The summed E-state index contributed by atoms with van der Waals surface area (Å²) in [5.41, 5.74) is 0.806. The Morgan fingerprint density at radius 1 is 1.17 bits per heavy atom. The Morgan fingerprint density at radius 2 is 1.79 bits per heavy atom. The fourth-order valence-corrected chi connectivity index (χ4v) is 2.74. The Hall–Kier alpha value is -2.40. The van der Waals surface area contributed by atoms with Crippen molar-refractivity contribution < 1.29 is 31.4 Å². The highest BCUT2D eigenvalue weighted by atomic mass is 32.2. The highest BCUT2D eigenvalue weighted by molar-refractivity contribution is 7.97. The van der Waals surface area contributed by atoms with Crippen molar-refractivity contribution in [2.75, 3.05) is 6.26 Å². The van der Waals surface area contributed by atoms with Crippen molar-refractivity contribution >= 4 is 11.8 Å². The van der Waals surface area contributed by atoms with Gasteiger partial charge in [0.1, 0.15) is 18.3 Å². The first-order valence-electron chi connectivity index (χ1n) is 8.32. The molecule has 0 atom stereocenters. The third-order valence-electron chi connectivity index (χ3n) is 3.68. The molecule has 0 fully saturated rings. The fraction of sp³-hybridized carbons (Fsp3) is 0.333. The highest BCUT2D eigenvalue weighted by Crippen LogP contribution is 2.41. The van der Waals surface area contributed by atoms with Gasteiger partial charge in [-0.15, -0.1) is 0 Å². The second-order valence-corrected chi connectivity index (χ2v) is 7.78. The number of hydrogen-bond donors (Lipinski definition) is 0. The molecule has 1 rings (SSSR count). The monoisotopic (exact) mass is 432 g/mol. The number of halogens is 5. The molecule has 0 bridgehead atoms. The lowest BCUT2D eigenvalue weighted by Crippen LogP contribution is -2.13. The zero-order valence-corrected chi connectivity index (χ0v) is 17.4. The normalized spacial score (nSPS) is 14.0. The Morgan fingerprint density at radius 3 is 2.24 bits per heavy atom. The van der Waals surface area contributed by atoms with Crippen LogP contribution < -0.4 is 9.47 Å². The molecular weight excluding hydrogens is 411 g/mol. The molecule has 0 saturated carbocycles. The third-order valence-corrected chi connectivity index (χ3v) is 4.28. The lowest BCUT2D eigenvalue weighted by atomic mass is 9.86. The number of terminal acetylenes is 1. The van der Waals surface area contributed by atoms with Gasteiger partial charge in [0.05, 0.1) is 0 Å². The number of ether oxygens (including phenoxy) is 2. The standard InChI is InChI=1S/C21H21F5O2S/c1-7-27-19-13(11-29-6)8-14(21(3,4)5)9-16(19)28-20(17(25)12(2)23)18(26)15(24)10-22/h1,8-10H,11H2,2-6H3/b15-10-,17-12-,20-18-. The van der Waals surface area contributed by atoms with E-state index in [0.29, 0.717) is 23.8 Å². The summed E-state index contributed by atoms with van der Waals surface area (Å²) in [5.74, 6) is -8.83. The van der Waals surface area contributed by atoms with Crippen LogP contribution in [0.1, 0.15) is 38.8 Å². The van der Waals surface area contributed by atoms with E-state index in [4.69, 9.17) is 15.9 Å². The molecule has 1 aromatic carbocycles. The van der Waals surface area contributed by atoms with E-state index >= 15 is 0 Å². The van der Waals surface area contributed by atoms with Gasteiger partial charge in [0, 0.05) is 11.3 Å². The lowest BCUT2D eigenvalue weighted by molar-refractivity contribution is 0.345. The van der Waals surface area contributed by atoms with Crippen molar-refractivity contribution in [3.63, 3.8) is 0 Å². The second-order valence-electron chi connectivity index (χ2n) is 6.92. The first kappa shape index (κ1) is 24.6. The maximum absolute atomic E-state index is 14.2. The summed E-state index contributed by atoms with van der Waals surface area (Å²) in [6.45, 7) is 6.32. The van der Waals surface area contributed by atoms with Gasteiger partial charge in [-0.05, 0) is 30.2 Å². The minimum Gasteiger partial charge on any atom is -0.447 e. The van der Waals surface area contributed by atoms with E-state index < -0.39 is 40.8 Å². The topological polar surface area (TPSA) is 18.5 Å². The van der Waals surface area contributed by atoms with Gasteiger partial charge in [-0.2, -0.15) is 20.5 Å². The molecule has 0 saturated heterocycles. The van der Waals surface area contributed by atoms with E-state index in [9.17, 15) is 22.0 Å². The summed E-state index contributed by atoms with van der Waals surface area (Å²) in [4.78, 5) is 0. The van der Waals surface area contributed by atoms with Crippen LogP contribution >= 0.6 is 11.8 Å². The smallest absolute Gasteiger partial charge is 0.206 e. The van der Waals surface area contributed by atoms with Crippen LogP contribution in [0.15, 0.2) is 47.5 Å². The van der Waals surface area contributed by atoms with E-state index in [1.165, 1.54) is 17.8 Å². The van der Waals surface area contributed by atoms with Crippen molar-refractivity contribution in [3.05, 3.63) is 58.7 Å². The predicted octanol–water partition coefficient (Wildman–Crippen LogP) is 7.33. The van der Waals surface area contributed by atoms with Crippen molar-refractivity contribution in [3.8, 4) is 24.0 Å². The summed E-state index contributed by atoms with van der Waals surface area (Å²) in [5, 5.41) is 0. The maximum atomic E-state index is 14.2. The molecule has 0 aliphatic heterocycles. The van der Waals surface area contributed by atoms with Crippen LogP contribution in [0, 0.1) is 12.5 Å². The minimum absolute atomic E-state index is 0.0471. The Balaban J connectivity index is 3.82. The number of benzene rings is 1. The van der Waals surface area contributed by atoms with Gasteiger partial charge in [-0.3, -0.25) is 0 Å². The molecule has 2 nitrogen and oxygen atoms in total. The summed E-state index contributed by atoms with van der Waals surface area (Å²) in [6, 6.07) is 3.17. The molecular formula is C21H21F5O2S. The van der Waals surface area contributed by atoms with E-state index in [2.05, 4.69) is 0 Å². The quantitative estimate of drug-likeness (QED) is 0.195. The van der Waals surface area contributed by atoms with Gasteiger partial charge >= 0.3 is 0 Å². The van der Waals surface area contributed by atoms with Crippen LogP contribution in [0.5, 0.6) is 11.5 Å². The average Bonchev–Trinajstić information content (AvgIpc) is 2.65. The Kier molecular flexibility index (Phi) is 8.83. The molecule has 0 unspecified atom stereocenters. The van der Waals surface area contributed by atoms with Gasteiger partial charge in [-0.1, -0.05) is 33.3 Å². The van der Waals surface area contributed by atoms with Crippen molar-refractivity contribution in [1.82, 2.24) is 0 Å². The first-order chi connectivity index (χ1) is 13.5. The molecule has 0 amide bonds. The molecule has 158 valence electrons. The SMILES string of the molecule is C#COc1c(CSC)cc(C(C)(C)C)cc1OC(/C(F)=C(\C)F)=C(F)/C(F)=C/F. The zero-order chi connectivity index (χ0) is 22.4. The molecule has 0 spiro atoms. The number of allylic oxidation sites excluding steroid dienone is 4. The van der Waals surface area contributed by atoms with Crippen LogP contribution in [0.3, 0.4) is 0 Å². The second kappa shape index (κ2) is 10.4. The number of hydrogen-bond acceptors (Lipinski definition) is 3. The van der Waals surface area contributed by atoms with Crippen molar-refractivity contribution in [2.45, 2.75) is 38.9 Å². The van der Waals surface area contributed by atoms with Gasteiger partial charge in [-0.25, -0.2) is 13.2 Å². The molecule has 1 aromatic rings.